The van der Waals surface area contributed by atoms with E-state index >= 15 is 0 Å². The standard InChI is InChI=1S/C15H21BrN2O/c1-3-11-9-15(4-6-18(2)7-5-15)19-13-10-17-14(16)8-12(11)13/h8,10-11H,3-7,9H2,1-2H3. The van der Waals surface area contributed by atoms with Crippen molar-refractivity contribution in [2.45, 2.75) is 44.1 Å². The van der Waals surface area contributed by atoms with Crippen LogP contribution in [0.4, 0.5) is 0 Å². The van der Waals surface area contributed by atoms with E-state index in [0.717, 1.165) is 42.7 Å². The molecule has 3 rings (SSSR count). The predicted octanol–water partition coefficient (Wildman–Crippen LogP) is 3.58. The van der Waals surface area contributed by atoms with Gasteiger partial charge in [0.25, 0.3) is 0 Å². The Hall–Kier alpha value is -0.610. The fourth-order valence-corrected chi connectivity index (χ4v) is 3.72. The van der Waals surface area contributed by atoms with Crippen LogP contribution in [0, 0.1) is 0 Å². The molecule has 0 saturated carbocycles. The first-order valence-electron chi connectivity index (χ1n) is 7.15. The molecule has 0 radical (unpaired) electrons. The minimum absolute atomic E-state index is 0.0513. The topological polar surface area (TPSA) is 25.4 Å². The number of hydrogen-bond donors (Lipinski definition) is 0. The molecule has 1 aromatic heterocycles. The van der Waals surface area contributed by atoms with E-state index in [4.69, 9.17) is 4.74 Å². The summed E-state index contributed by atoms with van der Waals surface area (Å²) < 4.78 is 7.30. The fraction of sp³-hybridized carbons (Fsp3) is 0.667. The molecule has 19 heavy (non-hydrogen) atoms. The zero-order valence-corrected chi connectivity index (χ0v) is 13.2. The van der Waals surface area contributed by atoms with E-state index in [1.54, 1.807) is 0 Å². The molecule has 1 saturated heterocycles. The van der Waals surface area contributed by atoms with Gasteiger partial charge in [-0.3, -0.25) is 0 Å². The van der Waals surface area contributed by atoms with Crippen LogP contribution in [0.15, 0.2) is 16.9 Å². The first kappa shape index (κ1) is 13.4. The van der Waals surface area contributed by atoms with Crippen molar-refractivity contribution in [2.24, 2.45) is 0 Å². The minimum atomic E-state index is 0.0513. The zero-order valence-electron chi connectivity index (χ0n) is 11.7. The lowest BCUT2D eigenvalue weighted by molar-refractivity contribution is -0.0176. The van der Waals surface area contributed by atoms with Crippen LogP contribution in [0.2, 0.25) is 0 Å². The Morgan fingerprint density at radius 3 is 2.89 bits per heavy atom. The van der Waals surface area contributed by atoms with Gasteiger partial charge < -0.3 is 9.64 Å². The largest absolute Gasteiger partial charge is 0.485 e. The third-order valence-corrected chi connectivity index (χ3v) is 5.07. The molecule has 0 aromatic carbocycles. The van der Waals surface area contributed by atoms with E-state index in [2.05, 4.69) is 45.9 Å². The Kier molecular flexibility index (Phi) is 3.56. The summed E-state index contributed by atoms with van der Waals surface area (Å²) in [5, 5.41) is 0. The fourth-order valence-electron chi connectivity index (χ4n) is 3.37. The molecule has 1 spiro atoms. The van der Waals surface area contributed by atoms with E-state index in [1.165, 1.54) is 12.0 Å². The summed E-state index contributed by atoms with van der Waals surface area (Å²) in [5.74, 6) is 1.61. The van der Waals surface area contributed by atoms with Crippen molar-refractivity contribution < 1.29 is 4.74 Å². The van der Waals surface area contributed by atoms with Crippen LogP contribution in [-0.4, -0.2) is 35.6 Å². The van der Waals surface area contributed by atoms with Gasteiger partial charge in [0.2, 0.25) is 0 Å². The molecule has 0 N–H and O–H groups in total. The van der Waals surface area contributed by atoms with Crippen LogP contribution in [-0.2, 0) is 0 Å². The third kappa shape index (κ3) is 2.52. The highest BCUT2D eigenvalue weighted by Crippen LogP contribution is 2.46. The Balaban J connectivity index is 1.91. The van der Waals surface area contributed by atoms with Gasteiger partial charge in [0.05, 0.1) is 6.20 Å². The number of ether oxygens (including phenoxy) is 1. The van der Waals surface area contributed by atoms with Crippen LogP contribution >= 0.6 is 15.9 Å². The van der Waals surface area contributed by atoms with Gasteiger partial charge in [-0.25, -0.2) is 4.98 Å². The van der Waals surface area contributed by atoms with Crippen molar-refractivity contribution in [3.63, 3.8) is 0 Å². The smallest absolute Gasteiger partial charge is 0.141 e. The van der Waals surface area contributed by atoms with E-state index in [0.29, 0.717) is 5.92 Å². The number of fused-ring (bicyclic) bond motifs is 1. The second-order valence-corrected chi connectivity index (χ2v) is 6.75. The summed E-state index contributed by atoms with van der Waals surface area (Å²) in [5.41, 5.74) is 1.38. The molecule has 2 aliphatic rings. The average molecular weight is 325 g/mol. The summed E-state index contributed by atoms with van der Waals surface area (Å²) in [6, 6.07) is 2.13. The van der Waals surface area contributed by atoms with Gasteiger partial charge in [0.15, 0.2) is 0 Å². The van der Waals surface area contributed by atoms with Gasteiger partial charge in [-0.05, 0) is 60.6 Å². The van der Waals surface area contributed by atoms with Crippen LogP contribution in [0.5, 0.6) is 5.75 Å². The zero-order chi connectivity index (χ0) is 13.5. The number of hydrogen-bond acceptors (Lipinski definition) is 3. The number of pyridine rings is 1. The summed E-state index contributed by atoms with van der Waals surface area (Å²) in [4.78, 5) is 6.73. The number of halogens is 1. The minimum Gasteiger partial charge on any atom is -0.485 e. The monoisotopic (exact) mass is 324 g/mol. The first-order valence-corrected chi connectivity index (χ1v) is 7.94. The maximum Gasteiger partial charge on any atom is 0.141 e. The van der Waals surface area contributed by atoms with Crippen molar-refractivity contribution in [3.05, 3.63) is 22.4 Å². The van der Waals surface area contributed by atoms with E-state index < -0.39 is 0 Å². The molecule has 104 valence electrons. The normalized spacial score (nSPS) is 25.9. The van der Waals surface area contributed by atoms with Crippen LogP contribution < -0.4 is 4.74 Å². The molecule has 1 atom stereocenters. The Labute approximate surface area is 123 Å². The number of rotatable bonds is 1. The van der Waals surface area contributed by atoms with E-state index in [9.17, 15) is 0 Å². The van der Waals surface area contributed by atoms with Crippen molar-refractivity contribution in [3.8, 4) is 5.75 Å². The number of nitrogens with zero attached hydrogens (tertiary/aromatic N) is 2. The molecule has 3 nitrogen and oxygen atoms in total. The molecule has 2 aliphatic heterocycles. The molecule has 4 heteroatoms. The average Bonchev–Trinajstić information content (AvgIpc) is 2.42. The maximum absolute atomic E-state index is 6.39. The molecule has 1 fully saturated rings. The Morgan fingerprint density at radius 2 is 2.21 bits per heavy atom. The van der Waals surface area contributed by atoms with Crippen LogP contribution in [0.3, 0.4) is 0 Å². The van der Waals surface area contributed by atoms with Gasteiger partial charge in [-0.1, -0.05) is 6.92 Å². The van der Waals surface area contributed by atoms with Crippen LogP contribution in [0.25, 0.3) is 0 Å². The lowest BCUT2D eigenvalue weighted by Crippen LogP contribution is -2.49. The number of aromatic nitrogens is 1. The molecule has 0 aliphatic carbocycles. The molecule has 3 heterocycles. The van der Waals surface area contributed by atoms with Crippen LogP contribution in [0.1, 0.15) is 44.1 Å². The van der Waals surface area contributed by atoms with Crippen molar-refractivity contribution in [2.75, 3.05) is 20.1 Å². The van der Waals surface area contributed by atoms with Gasteiger partial charge in [-0.2, -0.15) is 0 Å². The Morgan fingerprint density at radius 1 is 1.47 bits per heavy atom. The molecular formula is C15H21BrN2O. The molecule has 0 bridgehead atoms. The summed E-state index contributed by atoms with van der Waals surface area (Å²) in [7, 11) is 2.19. The molecular weight excluding hydrogens is 304 g/mol. The highest BCUT2D eigenvalue weighted by atomic mass is 79.9. The molecule has 1 aromatic rings. The summed E-state index contributed by atoms with van der Waals surface area (Å²) in [6.45, 7) is 4.54. The van der Waals surface area contributed by atoms with Gasteiger partial charge in [0, 0.05) is 18.7 Å². The van der Waals surface area contributed by atoms with E-state index in [-0.39, 0.29) is 5.60 Å². The second kappa shape index (κ2) is 5.06. The summed E-state index contributed by atoms with van der Waals surface area (Å²) >= 11 is 3.47. The van der Waals surface area contributed by atoms with E-state index in [1.807, 2.05) is 6.20 Å². The molecule has 1 unspecified atom stereocenters. The highest BCUT2D eigenvalue weighted by Gasteiger charge is 2.42. The van der Waals surface area contributed by atoms with Gasteiger partial charge >= 0.3 is 0 Å². The summed E-state index contributed by atoms with van der Waals surface area (Å²) in [6.07, 6.45) is 6.48. The molecule has 0 amide bonds. The second-order valence-electron chi connectivity index (χ2n) is 5.94. The number of piperidine rings is 1. The quantitative estimate of drug-likeness (QED) is 0.738. The van der Waals surface area contributed by atoms with Crippen molar-refractivity contribution in [1.82, 2.24) is 9.88 Å². The first-order chi connectivity index (χ1) is 9.12. The predicted molar refractivity (Wildman–Crippen MR) is 79.7 cm³/mol. The Bertz CT molecular complexity index is 469. The third-order valence-electron chi connectivity index (χ3n) is 4.64. The van der Waals surface area contributed by atoms with Gasteiger partial charge in [-0.15, -0.1) is 0 Å². The lowest BCUT2D eigenvalue weighted by atomic mass is 9.77. The SMILES string of the molecule is CCC1CC2(CCN(C)CC2)Oc2cnc(Br)cc21. The van der Waals surface area contributed by atoms with Crippen molar-refractivity contribution in [1.29, 1.82) is 0 Å². The number of likely N-dealkylation sites (tertiary alicyclic amines) is 1. The maximum atomic E-state index is 6.39. The highest BCUT2D eigenvalue weighted by molar-refractivity contribution is 9.10. The van der Waals surface area contributed by atoms with Gasteiger partial charge in [0.1, 0.15) is 16.0 Å². The lowest BCUT2D eigenvalue weighted by Gasteiger charge is -2.46. The van der Waals surface area contributed by atoms with Crippen molar-refractivity contribution >= 4 is 15.9 Å².